The lowest BCUT2D eigenvalue weighted by Crippen LogP contribution is -2.05. The highest BCUT2D eigenvalue weighted by molar-refractivity contribution is 7.91. The molecule has 0 saturated heterocycles. The molecule has 3 aromatic carbocycles. The Bertz CT molecular complexity index is 1300. The molecule has 0 amide bonds. The number of halogens is 1. The van der Waals surface area contributed by atoms with E-state index in [1.54, 1.807) is 0 Å². The van der Waals surface area contributed by atoms with Gasteiger partial charge in [0, 0.05) is 16.3 Å². The molecular weight excluding hydrogens is 420 g/mol. The van der Waals surface area contributed by atoms with E-state index in [9.17, 15) is 8.42 Å². The lowest BCUT2D eigenvalue weighted by molar-refractivity contribution is 0.581. The second kappa shape index (κ2) is 7.97. The number of rotatable bonds is 5. The predicted octanol–water partition coefficient (Wildman–Crippen LogP) is 6.19. The van der Waals surface area contributed by atoms with E-state index in [1.165, 1.54) is 24.3 Å². The Labute approximate surface area is 180 Å². The van der Waals surface area contributed by atoms with Crippen LogP contribution in [0.5, 0.6) is 0 Å². The highest BCUT2D eigenvalue weighted by atomic mass is 35.5. The number of anilines is 2. The number of benzene rings is 3. The fourth-order valence-electron chi connectivity index (χ4n) is 2.99. The Morgan fingerprint density at radius 3 is 2.23 bits per heavy atom. The Morgan fingerprint density at radius 1 is 0.900 bits per heavy atom. The summed E-state index contributed by atoms with van der Waals surface area (Å²) in [7, 11) is -3.94. The van der Waals surface area contributed by atoms with Crippen molar-refractivity contribution in [2.24, 2.45) is 0 Å². The molecular formula is C23H19ClN2O3S. The SMILES string of the molecule is Cc1ccc(Nc2oc(-c3ccccc3C)nc2S(=O)(=O)c2ccc(Cl)cc2)cc1. The van der Waals surface area contributed by atoms with Gasteiger partial charge in [0.15, 0.2) is 0 Å². The van der Waals surface area contributed by atoms with Gasteiger partial charge in [0.2, 0.25) is 26.6 Å². The van der Waals surface area contributed by atoms with Crippen molar-refractivity contribution in [3.05, 3.63) is 88.9 Å². The maximum Gasteiger partial charge on any atom is 0.238 e. The van der Waals surface area contributed by atoms with Crippen LogP contribution in [0.25, 0.3) is 11.5 Å². The Kier molecular flexibility index (Phi) is 5.37. The second-order valence-electron chi connectivity index (χ2n) is 6.92. The zero-order chi connectivity index (χ0) is 21.3. The van der Waals surface area contributed by atoms with E-state index in [0.717, 1.165) is 16.7 Å². The first-order chi connectivity index (χ1) is 14.3. The van der Waals surface area contributed by atoms with Gasteiger partial charge in [0.25, 0.3) is 0 Å². The average molecular weight is 439 g/mol. The third-order valence-corrected chi connectivity index (χ3v) is 6.59. The highest BCUT2D eigenvalue weighted by Gasteiger charge is 2.29. The first-order valence-electron chi connectivity index (χ1n) is 9.26. The monoisotopic (exact) mass is 438 g/mol. The predicted molar refractivity (Wildman–Crippen MR) is 118 cm³/mol. The highest BCUT2D eigenvalue weighted by Crippen LogP contribution is 2.35. The van der Waals surface area contributed by atoms with Crippen LogP contribution in [0.2, 0.25) is 5.02 Å². The van der Waals surface area contributed by atoms with Crippen molar-refractivity contribution in [3.63, 3.8) is 0 Å². The molecule has 4 aromatic rings. The second-order valence-corrected chi connectivity index (χ2v) is 9.22. The van der Waals surface area contributed by atoms with Gasteiger partial charge >= 0.3 is 0 Å². The first kappa shape index (κ1) is 20.2. The summed E-state index contributed by atoms with van der Waals surface area (Å²) in [6.07, 6.45) is 0. The van der Waals surface area contributed by atoms with Crippen molar-refractivity contribution in [2.45, 2.75) is 23.8 Å². The van der Waals surface area contributed by atoms with Crippen LogP contribution in [0.3, 0.4) is 0 Å². The third kappa shape index (κ3) is 3.97. The van der Waals surface area contributed by atoms with E-state index in [0.29, 0.717) is 10.7 Å². The lowest BCUT2D eigenvalue weighted by atomic mass is 10.1. The molecule has 0 aliphatic rings. The maximum absolute atomic E-state index is 13.3. The van der Waals surface area contributed by atoms with Crippen molar-refractivity contribution >= 4 is 33.0 Å². The van der Waals surface area contributed by atoms with Gasteiger partial charge in [-0.3, -0.25) is 0 Å². The van der Waals surface area contributed by atoms with E-state index in [-0.39, 0.29) is 21.7 Å². The summed E-state index contributed by atoms with van der Waals surface area (Å²) in [6.45, 7) is 3.89. The molecule has 0 aliphatic carbocycles. The normalized spacial score (nSPS) is 11.4. The van der Waals surface area contributed by atoms with Gasteiger partial charge in [-0.15, -0.1) is 0 Å². The van der Waals surface area contributed by atoms with Crippen LogP contribution in [-0.2, 0) is 9.84 Å². The molecule has 7 heteroatoms. The minimum atomic E-state index is -3.94. The molecule has 4 rings (SSSR count). The molecule has 0 aliphatic heterocycles. The topological polar surface area (TPSA) is 72.2 Å². The average Bonchev–Trinajstić information content (AvgIpc) is 3.15. The van der Waals surface area contributed by atoms with Crippen molar-refractivity contribution < 1.29 is 12.8 Å². The molecule has 1 aromatic heterocycles. The van der Waals surface area contributed by atoms with Crippen molar-refractivity contribution in [3.8, 4) is 11.5 Å². The van der Waals surface area contributed by atoms with Crippen molar-refractivity contribution in [2.75, 3.05) is 5.32 Å². The molecule has 152 valence electrons. The number of nitrogens with zero attached hydrogens (tertiary/aromatic N) is 1. The van der Waals surface area contributed by atoms with Crippen LogP contribution < -0.4 is 5.32 Å². The fraction of sp³-hybridized carbons (Fsp3) is 0.0870. The molecule has 0 atom stereocenters. The van der Waals surface area contributed by atoms with Gasteiger partial charge in [-0.25, -0.2) is 8.42 Å². The zero-order valence-corrected chi connectivity index (χ0v) is 18.0. The number of aromatic nitrogens is 1. The fourth-order valence-corrected chi connectivity index (χ4v) is 4.37. The van der Waals surface area contributed by atoms with Crippen LogP contribution in [-0.4, -0.2) is 13.4 Å². The Balaban J connectivity index is 1.85. The molecule has 5 nitrogen and oxygen atoms in total. The number of nitrogens with one attached hydrogen (secondary N) is 1. The molecule has 1 heterocycles. The molecule has 0 fully saturated rings. The summed E-state index contributed by atoms with van der Waals surface area (Å²) < 4.78 is 32.6. The van der Waals surface area contributed by atoms with Crippen LogP contribution in [0.4, 0.5) is 11.6 Å². The molecule has 30 heavy (non-hydrogen) atoms. The molecule has 0 unspecified atom stereocenters. The van der Waals surface area contributed by atoms with Crippen molar-refractivity contribution in [1.82, 2.24) is 4.98 Å². The van der Waals surface area contributed by atoms with Crippen LogP contribution in [0.15, 0.2) is 87.1 Å². The molecule has 0 spiro atoms. The van der Waals surface area contributed by atoms with E-state index in [4.69, 9.17) is 16.0 Å². The summed E-state index contributed by atoms with van der Waals surface area (Å²) in [5.74, 6) is 0.294. The van der Waals surface area contributed by atoms with Crippen LogP contribution in [0.1, 0.15) is 11.1 Å². The zero-order valence-electron chi connectivity index (χ0n) is 16.4. The Morgan fingerprint density at radius 2 is 1.57 bits per heavy atom. The summed E-state index contributed by atoms with van der Waals surface area (Å²) in [4.78, 5) is 4.46. The van der Waals surface area contributed by atoms with Gasteiger partial charge < -0.3 is 9.73 Å². The van der Waals surface area contributed by atoms with Gasteiger partial charge in [0.1, 0.15) is 0 Å². The molecule has 0 bridgehead atoms. The standard InChI is InChI=1S/C23H19ClN2O3S/c1-15-7-11-18(12-8-15)25-22-23(30(27,28)19-13-9-17(24)10-14-19)26-21(29-22)20-6-4-3-5-16(20)2/h3-14,25H,1-2H3. The quantitative estimate of drug-likeness (QED) is 0.402. The van der Waals surface area contributed by atoms with Gasteiger partial charge in [-0.05, 0) is 61.9 Å². The van der Waals surface area contributed by atoms with Gasteiger partial charge in [0.05, 0.1) is 4.90 Å². The minimum absolute atomic E-state index is 0.0621. The first-order valence-corrected chi connectivity index (χ1v) is 11.1. The smallest absolute Gasteiger partial charge is 0.238 e. The van der Waals surface area contributed by atoms with E-state index < -0.39 is 9.84 Å². The number of hydrogen-bond acceptors (Lipinski definition) is 5. The lowest BCUT2D eigenvalue weighted by Gasteiger charge is -2.06. The molecule has 0 radical (unpaired) electrons. The minimum Gasteiger partial charge on any atom is -0.419 e. The Hall–Kier alpha value is -3.09. The number of oxazole rings is 1. The van der Waals surface area contributed by atoms with E-state index >= 15 is 0 Å². The third-order valence-electron chi connectivity index (χ3n) is 4.66. The van der Waals surface area contributed by atoms with Crippen molar-refractivity contribution in [1.29, 1.82) is 0 Å². The summed E-state index contributed by atoms with van der Waals surface area (Å²) in [6, 6.07) is 21.0. The van der Waals surface area contributed by atoms with E-state index in [2.05, 4.69) is 10.3 Å². The number of aryl methyl sites for hydroxylation is 2. The maximum atomic E-state index is 13.3. The molecule has 1 N–H and O–H groups in total. The summed E-state index contributed by atoms with van der Waals surface area (Å²) >= 11 is 5.92. The number of sulfone groups is 1. The number of hydrogen-bond donors (Lipinski definition) is 1. The largest absolute Gasteiger partial charge is 0.419 e. The molecule has 0 saturated carbocycles. The van der Waals surface area contributed by atoms with Gasteiger partial charge in [-0.1, -0.05) is 47.5 Å². The van der Waals surface area contributed by atoms with Crippen LogP contribution in [0, 0.1) is 13.8 Å². The summed E-state index contributed by atoms with van der Waals surface area (Å²) in [5, 5.41) is 3.34. The summed E-state index contributed by atoms with van der Waals surface area (Å²) in [5.41, 5.74) is 3.44. The van der Waals surface area contributed by atoms with Gasteiger partial charge in [-0.2, -0.15) is 4.98 Å². The van der Waals surface area contributed by atoms with E-state index in [1.807, 2.05) is 62.4 Å². The van der Waals surface area contributed by atoms with Crippen LogP contribution >= 0.6 is 11.6 Å².